The van der Waals surface area contributed by atoms with Crippen molar-refractivity contribution in [2.75, 3.05) is 32.8 Å². The van der Waals surface area contributed by atoms with Crippen LogP contribution in [0.5, 0.6) is 0 Å². The fourth-order valence-corrected chi connectivity index (χ4v) is 6.14. The quantitative estimate of drug-likeness (QED) is 0.235. The predicted octanol–water partition coefficient (Wildman–Crippen LogP) is 2.46. The van der Waals surface area contributed by atoms with Crippen molar-refractivity contribution >= 4 is 17.8 Å². The molecule has 34 heavy (non-hydrogen) atoms. The van der Waals surface area contributed by atoms with E-state index in [1.165, 1.54) is 0 Å². The van der Waals surface area contributed by atoms with Crippen molar-refractivity contribution in [2.45, 2.75) is 76.0 Å². The van der Waals surface area contributed by atoms with Gasteiger partial charge in [-0.15, -0.1) is 13.2 Å². The van der Waals surface area contributed by atoms with E-state index in [2.05, 4.69) is 20.1 Å². The van der Waals surface area contributed by atoms with Gasteiger partial charge < -0.3 is 24.4 Å². The van der Waals surface area contributed by atoms with Gasteiger partial charge in [-0.3, -0.25) is 14.4 Å². The normalized spacial score (nSPS) is 31.4. The van der Waals surface area contributed by atoms with E-state index in [1.54, 1.807) is 22.0 Å². The van der Waals surface area contributed by atoms with Crippen molar-refractivity contribution in [3.63, 3.8) is 0 Å². The Morgan fingerprint density at radius 1 is 1.26 bits per heavy atom. The summed E-state index contributed by atoms with van der Waals surface area (Å²) in [5.74, 6) is -2.37. The Morgan fingerprint density at radius 2 is 2.03 bits per heavy atom. The zero-order valence-corrected chi connectivity index (χ0v) is 20.7. The number of nitrogens with zero attached hydrogens (tertiary/aromatic N) is 2. The highest BCUT2D eigenvalue weighted by Gasteiger charge is 2.79. The van der Waals surface area contributed by atoms with Gasteiger partial charge in [0.05, 0.1) is 18.1 Å². The molecule has 190 valence electrons. The van der Waals surface area contributed by atoms with Crippen LogP contribution in [0.15, 0.2) is 25.3 Å². The van der Waals surface area contributed by atoms with E-state index in [4.69, 9.17) is 9.47 Å². The summed E-state index contributed by atoms with van der Waals surface area (Å²) in [5.41, 5.74) is -1.87. The molecule has 0 saturated carbocycles. The molecule has 0 aromatic carbocycles. The van der Waals surface area contributed by atoms with Gasteiger partial charge >= 0.3 is 5.97 Å². The maximum Gasteiger partial charge on any atom is 0.312 e. The third kappa shape index (κ3) is 4.31. The first-order valence-electron chi connectivity index (χ1n) is 12.7. The highest BCUT2D eigenvalue weighted by atomic mass is 16.6. The van der Waals surface area contributed by atoms with Crippen LogP contribution in [0.3, 0.4) is 0 Å². The van der Waals surface area contributed by atoms with Gasteiger partial charge in [0.25, 0.3) is 0 Å². The number of hydrogen-bond acceptors (Lipinski definition) is 6. The number of aliphatic hydroxyl groups is 1. The predicted molar refractivity (Wildman–Crippen MR) is 128 cm³/mol. The molecule has 1 N–H and O–H groups in total. The highest BCUT2D eigenvalue weighted by molar-refractivity contribution is 5.98. The summed E-state index contributed by atoms with van der Waals surface area (Å²) >= 11 is 0. The number of hydrogen-bond donors (Lipinski definition) is 1. The second-order valence-electron chi connectivity index (χ2n) is 9.61. The molecule has 8 heteroatoms. The van der Waals surface area contributed by atoms with E-state index in [1.807, 2.05) is 6.92 Å². The smallest absolute Gasteiger partial charge is 0.312 e. The van der Waals surface area contributed by atoms with Crippen molar-refractivity contribution in [2.24, 2.45) is 11.8 Å². The second kappa shape index (κ2) is 11.0. The SMILES string of the molecule is C=CCCOC(=O)[C@H]1[C@H]2C(=O)N(CCCO)C(C(=O)N(CC=C)CCCC)C23CC[C@]1(CC)O3. The number of rotatable bonds is 14. The van der Waals surface area contributed by atoms with Crippen LogP contribution in [-0.2, 0) is 23.9 Å². The zero-order valence-electron chi connectivity index (χ0n) is 20.7. The van der Waals surface area contributed by atoms with Crippen molar-refractivity contribution < 1.29 is 29.0 Å². The van der Waals surface area contributed by atoms with Crippen LogP contribution < -0.4 is 0 Å². The Balaban J connectivity index is 2.02. The minimum Gasteiger partial charge on any atom is -0.465 e. The van der Waals surface area contributed by atoms with Gasteiger partial charge in [-0.25, -0.2) is 0 Å². The summed E-state index contributed by atoms with van der Waals surface area (Å²) in [6.45, 7) is 12.8. The van der Waals surface area contributed by atoms with E-state index in [-0.39, 0.29) is 31.6 Å². The topological polar surface area (TPSA) is 96.4 Å². The lowest BCUT2D eigenvalue weighted by atomic mass is 9.65. The molecule has 8 nitrogen and oxygen atoms in total. The molecule has 0 aromatic heterocycles. The van der Waals surface area contributed by atoms with Crippen LogP contribution in [0.1, 0.15) is 58.8 Å². The first-order chi connectivity index (χ1) is 16.4. The molecule has 1 spiro atoms. The number of aliphatic hydroxyl groups excluding tert-OH is 1. The number of amides is 2. The number of carbonyl (C=O) groups excluding carboxylic acids is 3. The molecule has 2 bridgehead atoms. The van der Waals surface area contributed by atoms with Gasteiger partial charge in [0.15, 0.2) is 0 Å². The van der Waals surface area contributed by atoms with E-state index >= 15 is 0 Å². The fraction of sp³-hybridized carbons (Fsp3) is 0.731. The van der Waals surface area contributed by atoms with Crippen LogP contribution in [0.4, 0.5) is 0 Å². The Kier molecular flexibility index (Phi) is 8.57. The molecular weight excluding hydrogens is 436 g/mol. The van der Waals surface area contributed by atoms with Gasteiger partial charge in [0, 0.05) is 26.2 Å². The first-order valence-corrected chi connectivity index (χ1v) is 12.7. The molecule has 0 aliphatic carbocycles. The van der Waals surface area contributed by atoms with Gasteiger partial charge in [0.2, 0.25) is 11.8 Å². The molecule has 2 unspecified atom stereocenters. The molecule has 5 atom stereocenters. The third-order valence-corrected chi connectivity index (χ3v) is 7.73. The van der Waals surface area contributed by atoms with Gasteiger partial charge in [0.1, 0.15) is 17.6 Å². The fourth-order valence-electron chi connectivity index (χ4n) is 6.14. The molecule has 3 fully saturated rings. The molecule has 3 heterocycles. The maximum absolute atomic E-state index is 14.0. The molecular formula is C26H40N2O6. The van der Waals surface area contributed by atoms with Crippen molar-refractivity contribution in [1.82, 2.24) is 9.80 Å². The van der Waals surface area contributed by atoms with Crippen LogP contribution in [0, 0.1) is 11.8 Å². The lowest BCUT2D eigenvalue weighted by molar-refractivity contribution is -0.162. The lowest BCUT2D eigenvalue weighted by Gasteiger charge is -2.37. The molecule has 0 radical (unpaired) electrons. The van der Waals surface area contributed by atoms with E-state index in [9.17, 15) is 19.5 Å². The molecule has 0 aromatic rings. The second-order valence-corrected chi connectivity index (χ2v) is 9.61. The first kappa shape index (κ1) is 26.4. The average molecular weight is 477 g/mol. The van der Waals surface area contributed by atoms with E-state index in [0.29, 0.717) is 45.2 Å². The zero-order chi connectivity index (χ0) is 24.9. The summed E-state index contributed by atoms with van der Waals surface area (Å²) in [5, 5.41) is 9.46. The van der Waals surface area contributed by atoms with Crippen LogP contribution in [0.2, 0.25) is 0 Å². The highest BCUT2D eigenvalue weighted by Crippen LogP contribution is 2.64. The summed E-state index contributed by atoms with van der Waals surface area (Å²) in [7, 11) is 0. The van der Waals surface area contributed by atoms with Gasteiger partial charge in [-0.05, 0) is 38.5 Å². The van der Waals surface area contributed by atoms with Crippen LogP contribution in [-0.4, -0.2) is 82.8 Å². The van der Waals surface area contributed by atoms with Crippen LogP contribution in [0.25, 0.3) is 0 Å². The molecule has 3 aliphatic rings. The van der Waals surface area contributed by atoms with E-state index < -0.39 is 35.0 Å². The lowest BCUT2D eigenvalue weighted by Crippen LogP contribution is -2.56. The third-order valence-electron chi connectivity index (χ3n) is 7.73. The van der Waals surface area contributed by atoms with Crippen LogP contribution >= 0.6 is 0 Å². The summed E-state index contributed by atoms with van der Waals surface area (Å²) in [4.78, 5) is 44.4. The standard InChI is InChI=1S/C26H40N2O6/c1-5-9-15-27(14-7-3)23(31)21-26-13-12-25(8-4,34-26)20(24(32)33-18-10-6-2)19(26)22(30)28(21)16-11-17-29/h6-7,19-21,29H,2-3,5,8-18H2,1,4H3/t19-,20+,21?,25-,26?/m0/s1. The molecule has 3 rings (SSSR count). The van der Waals surface area contributed by atoms with Gasteiger partial charge in [-0.1, -0.05) is 32.4 Å². The summed E-state index contributed by atoms with van der Waals surface area (Å²) in [6.07, 6.45) is 7.71. The molecule has 2 amide bonds. The summed E-state index contributed by atoms with van der Waals surface area (Å²) < 4.78 is 12.2. The number of ether oxygens (including phenoxy) is 2. The minimum atomic E-state index is -1.06. The number of likely N-dealkylation sites (tertiary alicyclic amines) is 1. The maximum atomic E-state index is 14.0. The van der Waals surface area contributed by atoms with E-state index in [0.717, 1.165) is 12.8 Å². The number of fused-ring (bicyclic) bond motifs is 1. The number of esters is 1. The minimum absolute atomic E-state index is 0.0959. The van der Waals surface area contributed by atoms with Gasteiger partial charge in [-0.2, -0.15) is 0 Å². The van der Waals surface area contributed by atoms with Crippen molar-refractivity contribution in [3.8, 4) is 0 Å². The Labute approximate surface area is 202 Å². The monoisotopic (exact) mass is 476 g/mol. The average Bonchev–Trinajstić information content (AvgIpc) is 3.43. The Hall–Kier alpha value is -2.19. The Morgan fingerprint density at radius 3 is 2.65 bits per heavy atom. The number of unbranched alkanes of at least 4 members (excludes halogenated alkanes) is 1. The summed E-state index contributed by atoms with van der Waals surface area (Å²) in [6, 6.07) is -0.826. The molecule has 3 aliphatic heterocycles. The Bertz CT molecular complexity index is 800. The molecule has 3 saturated heterocycles. The van der Waals surface area contributed by atoms with Crippen molar-refractivity contribution in [3.05, 3.63) is 25.3 Å². The van der Waals surface area contributed by atoms with Crippen molar-refractivity contribution in [1.29, 1.82) is 0 Å². The number of carbonyl (C=O) groups is 3. The largest absolute Gasteiger partial charge is 0.465 e.